The Labute approximate surface area is 93.4 Å². The van der Waals surface area contributed by atoms with Crippen molar-refractivity contribution in [3.05, 3.63) is 0 Å². The molecule has 0 bridgehead atoms. The SMILES string of the molecule is CCCNC(CSC(C)C)CC1CC1. The molecule has 1 saturated carbocycles. The molecule has 1 aliphatic carbocycles. The lowest BCUT2D eigenvalue weighted by atomic mass is 10.1. The molecule has 2 heteroatoms. The summed E-state index contributed by atoms with van der Waals surface area (Å²) in [5.74, 6) is 2.35. The molecule has 1 aliphatic rings. The smallest absolute Gasteiger partial charge is 0.0160 e. The van der Waals surface area contributed by atoms with E-state index in [2.05, 4.69) is 37.8 Å². The summed E-state index contributed by atoms with van der Waals surface area (Å²) in [7, 11) is 0. The first-order valence-electron chi connectivity index (χ1n) is 6.07. The second-order valence-corrected chi connectivity index (χ2v) is 6.32. The molecule has 0 aliphatic heterocycles. The molecular weight excluding hydrogens is 190 g/mol. The quantitative estimate of drug-likeness (QED) is 0.667. The summed E-state index contributed by atoms with van der Waals surface area (Å²) in [5.41, 5.74) is 0. The van der Waals surface area contributed by atoms with Crippen LogP contribution in [0.2, 0.25) is 0 Å². The third kappa shape index (κ3) is 5.92. The van der Waals surface area contributed by atoms with Crippen molar-refractivity contribution in [2.24, 2.45) is 5.92 Å². The van der Waals surface area contributed by atoms with Gasteiger partial charge in [0, 0.05) is 11.8 Å². The Bertz CT molecular complexity index is 143. The zero-order valence-electron chi connectivity index (χ0n) is 9.88. The molecule has 1 N–H and O–H groups in total. The Morgan fingerprint density at radius 2 is 2.07 bits per heavy atom. The molecule has 84 valence electrons. The van der Waals surface area contributed by atoms with E-state index in [1.165, 1.54) is 38.0 Å². The maximum Gasteiger partial charge on any atom is 0.0160 e. The van der Waals surface area contributed by atoms with E-state index in [0.29, 0.717) is 0 Å². The van der Waals surface area contributed by atoms with E-state index in [1.807, 2.05) is 0 Å². The number of thioether (sulfide) groups is 1. The van der Waals surface area contributed by atoms with Gasteiger partial charge in [-0.1, -0.05) is 33.6 Å². The highest BCUT2D eigenvalue weighted by molar-refractivity contribution is 7.99. The van der Waals surface area contributed by atoms with Crippen LogP contribution < -0.4 is 5.32 Å². The van der Waals surface area contributed by atoms with Gasteiger partial charge in [-0.05, 0) is 30.6 Å². The van der Waals surface area contributed by atoms with Crippen LogP contribution in [0, 0.1) is 5.92 Å². The predicted molar refractivity (Wildman–Crippen MR) is 67.0 cm³/mol. The Balaban J connectivity index is 2.13. The van der Waals surface area contributed by atoms with Crippen LogP contribution in [0.4, 0.5) is 0 Å². The maximum absolute atomic E-state index is 3.68. The van der Waals surface area contributed by atoms with Gasteiger partial charge < -0.3 is 5.32 Å². The van der Waals surface area contributed by atoms with Crippen molar-refractivity contribution < 1.29 is 0 Å². The fraction of sp³-hybridized carbons (Fsp3) is 1.00. The Kier molecular flexibility index (Phi) is 5.95. The molecule has 0 saturated heterocycles. The van der Waals surface area contributed by atoms with Gasteiger partial charge in [0.05, 0.1) is 0 Å². The highest BCUT2D eigenvalue weighted by Crippen LogP contribution is 2.34. The highest BCUT2D eigenvalue weighted by atomic mass is 32.2. The molecule has 0 radical (unpaired) electrons. The van der Waals surface area contributed by atoms with Gasteiger partial charge in [0.15, 0.2) is 0 Å². The summed E-state index contributed by atoms with van der Waals surface area (Å²) >= 11 is 2.10. The van der Waals surface area contributed by atoms with Crippen LogP contribution in [0.15, 0.2) is 0 Å². The van der Waals surface area contributed by atoms with Crippen molar-refractivity contribution in [3.63, 3.8) is 0 Å². The Morgan fingerprint density at radius 3 is 2.57 bits per heavy atom. The standard InChI is InChI=1S/C12H25NS/c1-4-7-13-12(8-11-5-6-11)9-14-10(2)3/h10-13H,4-9H2,1-3H3. The van der Waals surface area contributed by atoms with Crippen LogP contribution in [0.25, 0.3) is 0 Å². The van der Waals surface area contributed by atoms with Gasteiger partial charge in [-0.2, -0.15) is 11.8 Å². The van der Waals surface area contributed by atoms with Crippen molar-refractivity contribution in [1.29, 1.82) is 0 Å². The third-order valence-electron chi connectivity index (χ3n) is 2.63. The Hall–Kier alpha value is 0.310. The third-order valence-corrected chi connectivity index (χ3v) is 3.89. The molecule has 0 aromatic rings. The first-order chi connectivity index (χ1) is 6.72. The van der Waals surface area contributed by atoms with Gasteiger partial charge in [0.1, 0.15) is 0 Å². The number of nitrogens with one attached hydrogen (secondary N) is 1. The maximum atomic E-state index is 3.68. The molecule has 1 nitrogen and oxygen atoms in total. The summed E-state index contributed by atoms with van der Waals surface area (Å²) in [4.78, 5) is 0. The minimum Gasteiger partial charge on any atom is -0.313 e. The fourth-order valence-electron chi connectivity index (χ4n) is 1.62. The lowest BCUT2D eigenvalue weighted by molar-refractivity contribution is 0.494. The van der Waals surface area contributed by atoms with Crippen molar-refractivity contribution in [2.45, 2.75) is 57.7 Å². The van der Waals surface area contributed by atoms with Crippen LogP contribution in [0.1, 0.15) is 46.5 Å². The van der Waals surface area contributed by atoms with E-state index < -0.39 is 0 Å². The molecule has 0 spiro atoms. The van der Waals surface area contributed by atoms with E-state index in [4.69, 9.17) is 0 Å². The molecule has 1 atom stereocenters. The number of rotatable bonds is 8. The average Bonchev–Trinajstić information content (AvgIpc) is 2.93. The molecular formula is C12H25NS. The molecule has 0 amide bonds. The van der Waals surface area contributed by atoms with E-state index in [-0.39, 0.29) is 0 Å². The number of hydrogen-bond donors (Lipinski definition) is 1. The van der Waals surface area contributed by atoms with Crippen LogP contribution in [0.5, 0.6) is 0 Å². The lowest BCUT2D eigenvalue weighted by Gasteiger charge is -2.18. The van der Waals surface area contributed by atoms with Gasteiger partial charge in [0.25, 0.3) is 0 Å². The minimum atomic E-state index is 0.773. The molecule has 0 heterocycles. The fourth-order valence-corrected chi connectivity index (χ4v) is 2.49. The van der Waals surface area contributed by atoms with E-state index in [0.717, 1.165) is 17.2 Å². The first kappa shape index (κ1) is 12.4. The van der Waals surface area contributed by atoms with Crippen molar-refractivity contribution in [1.82, 2.24) is 5.32 Å². The van der Waals surface area contributed by atoms with Crippen molar-refractivity contribution in [2.75, 3.05) is 12.3 Å². The zero-order chi connectivity index (χ0) is 10.4. The van der Waals surface area contributed by atoms with Crippen LogP contribution in [-0.4, -0.2) is 23.6 Å². The average molecular weight is 215 g/mol. The minimum absolute atomic E-state index is 0.773. The van der Waals surface area contributed by atoms with Crippen LogP contribution in [-0.2, 0) is 0 Å². The van der Waals surface area contributed by atoms with E-state index >= 15 is 0 Å². The summed E-state index contributed by atoms with van der Waals surface area (Å²) in [6.45, 7) is 8.02. The molecule has 1 fully saturated rings. The normalized spacial score (nSPS) is 18.9. The van der Waals surface area contributed by atoms with Crippen molar-refractivity contribution in [3.8, 4) is 0 Å². The Morgan fingerprint density at radius 1 is 1.36 bits per heavy atom. The second-order valence-electron chi connectivity index (χ2n) is 4.71. The van der Waals surface area contributed by atoms with E-state index in [1.54, 1.807) is 0 Å². The summed E-state index contributed by atoms with van der Waals surface area (Å²) in [5, 5.41) is 4.45. The predicted octanol–water partition coefficient (Wildman–Crippen LogP) is 3.30. The van der Waals surface area contributed by atoms with Crippen LogP contribution in [0.3, 0.4) is 0 Å². The summed E-state index contributed by atoms with van der Waals surface area (Å²) < 4.78 is 0. The largest absolute Gasteiger partial charge is 0.313 e. The second kappa shape index (κ2) is 6.73. The zero-order valence-corrected chi connectivity index (χ0v) is 10.7. The molecule has 0 aromatic carbocycles. The number of hydrogen-bond acceptors (Lipinski definition) is 2. The van der Waals surface area contributed by atoms with Gasteiger partial charge in [0.2, 0.25) is 0 Å². The first-order valence-corrected chi connectivity index (χ1v) is 7.12. The molecule has 14 heavy (non-hydrogen) atoms. The van der Waals surface area contributed by atoms with E-state index in [9.17, 15) is 0 Å². The highest BCUT2D eigenvalue weighted by Gasteiger charge is 2.25. The van der Waals surface area contributed by atoms with Gasteiger partial charge >= 0.3 is 0 Å². The van der Waals surface area contributed by atoms with Gasteiger partial charge in [-0.25, -0.2) is 0 Å². The topological polar surface area (TPSA) is 12.0 Å². The van der Waals surface area contributed by atoms with Crippen LogP contribution >= 0.6 is 11.8 Å². The molecule has 0 aromatic heterocycles. The van der Waals surface area contributed by atoms with Gasteiger partial charge in [-0.3, -0.25) is 0 Å². The summed E-state index contributed by atoms with van der Waals surface area (Å²) in [6.07, 6.45) is 5.64. The molecule has 1 rings (SSSR count). The lowest BCUT2D eigenvalue weighted by Crippen LogP contribution is -2.32. The molecule has 1 unspecified atom stereocenters. The summed E-state index contributed by atoms with van der Waals surface area (Å²) in [6, 6.07) is 0.773. The van der Waals surface area contributed by atoms with Gasteiger partial charge in [-0.15, -0.1) is 0 Å². The van der Waals surface area contributed by atoms with Crippen molar-refractivity contribution >= 4 is 11.8 Å². The monoisotopic (exact) mass is 215 g/mol.